The van der Waals surface area contributed by atoms with Crippen LogP contribution in [0, 0.1) is 0 Å². The highest BCUT2D eigenvalue weighted by Crippen LogP contribution is 2.23. The molecule has 0 unspecified atom stereocenters. The van der Waals surface area contributed by atoms with Crippen LogP contribution in [0.25, 0.3) is 0 Å². The van der Waals surface area contributed by atoms with Crippen molar-refractivity contribution in [1.29, 1.82) is 0 Å². The average molecular weight is 305 g/mol. The molecule has 1 aliphatic rings. The zero-order chi connectivity index (χ0) is 16.5. The Morgan fingerprint density at radius 2 is 2.10 bits per heavy atom. The lowest BCUT2D eigenvalue weighted by Crippen LogP contribution is -2.38. The van der Waals surface area contributed by atoms with Gasteiger partial charge in [0.15, 0.2) is 0 Å². The maximum Gasteiger partial charge on any atom is 0.408 e. The predicted molar refractivity (Wildman–Crippen MR) is 73.8 cm³/mol. The minimum absolute atomic E-state index is 0.0779. The van der Waals surface area contributed by atoms with E-state index in [2.05, 4.69) is 10.1 Å². The Balaban J connectivity index is 0.000000690. The Morgan fingerprint density at radius 1 is 1.48 bits per heavy atom. The van der Waals surface area contributed by atoms with E-state index >= 15 is 0 Å². The summed E-state index contributed by atoms with van der Waals surface area (Å²) in [5.41, 5.74) is -0.712. The topological polar surface area (TPSA) is 64.6 Å². The van der Waals surface area contributed by atoms with Crippen LogP contribution in [0.3, 0.4) is 0 Å². The fourth-order valence-electron chi connectivity index (χ4n) is 1.41. The van der Waals surface area contributed by atoms with Crippen LogP contribution in [0.15, 0.2) is 23.8 Å². The highest BCUT2D eigenvalue weighted by molar-refractivity contribution is 5.69. The molecule has 1 rings (SSSR count). The number of rotatable bonds is 3. The van der Waals surface area contributed by atoms with E-state index in [1.54, 1.807) is 33.8 Å². The lowest BCUT2D eigenvalue weighted by atomic mass is 10.1. The molecule has 0 aromatic heterocycles. The lowest BCUT2D eigenvalue weighted by molar-refractivity contribution is -0.128. The van der Waals surface area contributed by atoms with E-state index in [-0.39, 0.29) is 12.0 Å². The van der Waals surface area contributed by atoms with E-state index in [4.69, 9.17) is 4.74 Å². The molecular weight excluding hydrogens is 284 g/mol. The van der Waals surface area contributed by atoms with Gasteiger partial charge in [0.2, 0.25) is 0 Å². The lowest BCUT2D eigenvalue weighted by Gasteiger charge is -2.21. The van der Waals surface area contributed by atoms with E-state index < -0.39 is 23.8 Å². The molecule has 0 heterocycles. The first-order valence-electron chi connectivity index (χ1n) is 6.46. The van der Waals surface area contributed by atoms with Gasteiger partial charge in [-0.15, -0.1) is 0 Å². The molecule has 0 radical (unpaired) electrons. The minimum Gasteiger partial charge on any atom is -0.468 e. The molecule has 5 nitrogen and oxygen atoms in total. The standard InChI is InChI=1S/C11H15F2NO2.C3H6O2/c1-11(2,3)16-10(15)14-8-6-4-5-7(8)9(12)13;1-2-5-3-4/h4,6,8H,5H2,1-3H3,(H,14,15);3H,2H2,1H3/t8-;/m0./s1. The second-order valence-electron chi connectivity index (χ2n) is 5.09. The number of ether oxygens (including phenoxy) is 2. The number of carbonyl (C=O) groups is 2. The first kappa shape index (κ1) is 19.1. The van der Waals surface area contributed by atoms with Crippen LogP contribution in [-0.2, 0) is 14.3 Å². The fraction of sp³-hybridized carbons (Fsp3) is 0.571. The smallest absolute Gasteiger partial charge is 0.408 e. The van der Waals surface area contributed by atoms with Crippen molar-refractivity contribution >= 4 is 12.6 Å². The first-order valence-corrected chi connectivity index (χ1v) is 6.46. The van der Waals surface area contributed by atoms with Gasteiger partial charge in [0.05, 0.1) is 12.6 Å². The summed E-state index contributed by atoms with van der Waals surface area (Å²) in [6, 6.07) is -0.750. The third-order valence-electron chi connectivity index (χ3n) is 2.19. The first-order chi connectivity index (χ1) is 9.71. The molecule has 0 saturated carbocycles. The van der Waals surface area contributed by atoms with Gasteiger partial charge in [-0.2, -0.15) is 8.78 Å². The molecule has 1 aliphatic carbocycles. The van der Waals surface area contributed by atoms with Crippen LogP contribution in [0.4, 0.5) is 13.6 Å². The monoisotopic (exact) mass is 305 g/mol. The zero-order valence-electron chi connectivity index (χ0n) is 12.6. The quantitative estimate of drug-likeness (QED) is 0.642. The highest BCUT2D eigenvalue weighted by Gasteiger charge is 2.24. The third-order valence-corrected chi connectivity index (χ3v) is 2.19. The van der Waals surface area contributed by atoms with Crippen molar-refractivity contribution in [3.8, 4) is 0 Å². The van der Waals surface area contributed by atoms with Gasteiger partial charge in [0.1, 0.15) is 5.60 Å². The van der Waals surface area contributed by atoms with Gasteiger partial charge in [0, 0.05) is 5.57 Å². The molecule has 21 heavy (non-hydrogen) atoms. The number of hydrogen-bond acceptors (Lipinski definition) is 4. The third kappa shape index (κ3) is 8.78. The van der Waals surface area contributed by atoms with Crippen LogP contribution >= 0.6 is 0 Å². The van der Waals surface area contributed by atoms with Crippen molar-refractivity contribution in [3.63, 3.8) is 0 Å². The molecule has 0 saturated heterocycles. The van der Waals surface area contributed by atoms with Gasteiger partial charge in [0.25, 0.3) is 12.6 Å². The largest absolute Gasteiger partial charge is 0.468 e. The number of halogens is 2. The van der Waals surface area contributed by atoms with Crippen molar-refractivity contribution in [2.24, 2.45) is 0 Å². The number of amides is 1. The molecular formula is C14H21F2NO4. The van der Waals surface area contributed by atoms with E-state index in [1.165, 1.54) is 6.08 Å². The molecule has 1 N–H and O–H groups in total. The van der Waals surface area contributed by atoms with Gasteiger partial charge < -0.3 is 14.8 Å². The summed E-state index contributed by atoms with van der Waals surface area (Å²) in [5.74, 6) is 0. The SMILES string of the molecule is CC(C)(C)OC(=O)N[C@H]1C=CCC1=C(F)F.CCOC=O. The summed E-state index contributed by atoms with van der Waals surface area (Å²) in [6.07, 6.45) is 0.853. The molecule has 120 valence electrons. The Labute approximate surface area is 123 Å². The highest BCUT2D eigenvalue weighted by atomic mass is 19.3. The maximum absolute atomic E-state index is 12.4. The van der Waals surface area contributed by atoms with E-state index in [0.717, 1.165) is 0 Å². The molecule has 1 amide bonds. The molecule has 1 atom stereocenters. The Kier molecular flexibility index (Phi) is 8.26. The summed E-state index contributed by atoms with van der Waals surface area (Å²) in [6.45, 7) is 7.80. The van der Waals surface area contributed by atoms with Gasteiger partial charge in [-0.25, -0.2) is 4.79 Å². The van der Waals surface area contributed by atoms with E-state index in [9.17, 15) is 18.4 Å². The van der Waals surface area contributed by atoms with Crippen molar-refractivity contribution in [2.45, 2.75) is 45.8 Å². The van der Waals surface area contributed by atoms with Gasteiger partial charge in [-0.1, -0.05) is 12.2 Å². The number of allylic oxidation sites excluding steroid dienone is 1. The van der Waals surface area contributed by atoms with Crippen LogP contribution in [-0.4, -0.2) is 30.8 Å². The summed E-state index contributed by atoms with van der Waals surface area (Å²) in [5, 5.41) is 2.38. The summed E-state index contributed by atoms with van der Waals surface area (Å²) in [4.78, 5) is 20.5. The molecule has 7 heteroatoms. The number of hydrogen-bond donors (Lipinski definition) is 1. The Hall–Kier alpha value is -1.92. The number of carbonyl (C=O) groups excluding carboxylic acids is 2. The molecule has 0 aromatic carbocycles. The van der Waals surface area contributed by atoms with Crippen molar-refractivity contribution in [1.82, 2.24) is 5.32 Å². The zero-order valence-corrected chi connectivity index (χ0v) is 12.6. The molecule has 0 bridgehead atoms. The van der Waals surface area contributed by atoms with Gasteiger partial charge in [-0.3, -0.25) is 4.79 Å². The Bertz CT molecular complexity index is 410. The normalized spacial score (nSPS) is 16.7. The minimum atomic E-state index is -1.74. The van der Waals surface area contributed by atoms with Crippen LogP contribution < -0.4 is 5.32 Å². The van der Waals surface area contributed by atoms with Crippen molar-refractivity contribution in [3.05, 3.63) is 23.8 Å². The second-order valence-corrected chi connectivity index (χ2v) is 5.09. The number of alkyl carbamates (subject to hydrolysis) is 1. The van der Waals surface area contributed by atoms with Crippen molar-refractivity contribution < 1.29 is 27.8 Å². The number of nitrogens with one attached hydrogen (secondary N) is 1. The predicted octanol–water partition coefficient (Wildman–Crippen LogP) is 3.17. The van der Waals surface area contributed by atoms with Crippen LogP contribution in [0.2, 0.25) is 0 Å². The van der Waals surface area contributed by atoms with Crippen molar-refractivity contribution in [2.75, 3.05) is 6.61 Å². The molecule has 0 fully saturated rings. The summed E-state index contributed by atoms with van der Waals surface area (Å²) >= 11 is 0. The summed E-state index contributed by atoms with van der Waals surface area (Å²) in [7, 11) is 0. The Morgan fingerprint density at radius 3 is 2.48 bits per heavy atom. The fourth-order valence-corrected chi connectivity index (χ4v) is 1.41. The molecule has 0 spiro atoms. The summed E-state index contributed by atoms with van der Waals surface area (Å²) < 4.78 is 34.0. The van der Waals surface area contributed by atoms with Gasteiger partial charge in [-0.05, 0) is 34.1 Å². The van der Waals surface area contributed by atoms with Crippen LogP contribution in [0.1, 0.15) is 34.1 Å². The molecule has 0 aliphatic heterocycles. The molecule has 0 aromatic rings. The van der Waals surface area contributed by atoms with E-state index in [0.29, 0.717) is 13.1 Å². The average Bonchev–Trinajstić information content (AvgIpc) is 2.76. The van der Waals surface area contributed by atoms with Crippen LogP contribution in [0.5, 0.6) is 0 Å². The maximum atomic E-state index is 12.4. The van der Waals surface area contributed by atoms with Gasteiger partial charge >= 0.3 is 6.09 Å². The second kappa shape index (κ2) is 9.10. The van der Waals surface area contributed by atoms with E-state index in [1.807, 2.05) is 0 Å².